The van der Waals surface area contributed by atoms with Gasteiger partial charge in [0.2, 0.25) is 5.91 Å². The second-order valence-corrected chi connectivity index (χ2v) is 11.4. The number of nitrogens with zero attached hydrogens (tertiary/aromatic N) is 2. The summed E-state index contributed by atoms with van der Waals surface area (Å²) >= 11 is 1.30. The molecule has 0 atom stereocenters. The number of piperazine rings is 1. The number of amides is 2. The molecule has 0 spiro atoms. The summed E-state index contributed by atoms with van der Waals surface area (Å²) in [6.07, 6.45) is 1.24. The van der Waals surface area contributed by atoms with Gasteiger partial charge in [-0.05, 0) is 18.6 Å². The average molecular weight is 416 g/mol. The number of anilines is 1. The average Bonchev–Trinajstić information content (AvgIpc) is 2.91. The van der Waals surface area contributed by atoms with E-state index in [-0.39, 0.29) is 17.6 Å². The van der Waals surface area contributed by atoms with Crippen molar-refractivity contribution in [2.24, 2.45) is 5.41 Å². The van der Waals surface area contributed by atoms with Crippen molar-refractivity contribution in [3.05, 3.63) is 16.5 Å². The Morgan fingerprint density at radius 2 is 1.78 bits per heavy atom. The fourth-order valence-corrected chi connectivity index (χ4v) is 4.29. The van der Waals surface area contributed by atoms with Gasteiger partial charge in [0.1, 0.15) is 9.84 Å². The molecule has 1 saturated heterocycles. The first kappa shape index (κ1) is 21.8. The van der Waals surface area contributed by atoms with Crippen LogP contribution in [0.15, 0.2) is 6.07 Å². The predicted octanol–water partition coefficient (Wildman–Crippen LogP) is 1.84. The van der Waals surface area contributed by atoms with Crippen molar-refractivity contribution >= 4 is 38.0 Å². The van der Waals surface area contributed by atoms with Crippen LogP contribution in [-0.4, -0.2) is 74.8 Å². The van der Waals surface area contributed by atoms with Crippen molar-refractivity contribution in [2.75, 3.05) is 50.0 Å². The number of hydrogen-bond donors (Lipinski definition) is 1. The van der Waals surface area contributed by atoms with Gasteiger partial charge in [0.05, 0.1) is 15.6 Å². The summed E-state index contributed by atoms with van der Waals surface area (Å²) in [4.78, 5) is 29.5. The molecular formula is C18H29N3O4S2. The molecule has 0 unspecified atom stereocenters. The highest BCUT2D eigenvalue weighted by Crippen LogP contribution is 2.29. The molecule has 152 valence electrons. The molecule has 0 saturated carbocycles. The topological polar surface area (TPSA) is 86.8 Å². The van der Waals surface area contributed by atoms with Crippen molar-refractivity contribution in [3.63, 3.8) is 0 Å². The van der Waals surface area contributed by atoms with Crippen LogP contribution in [0.2, 0.25) is 0 Å². The largest absolute Gasteiger partial charge is 0.335 e. The van der Waals surface area contributed by atoms with Crippen molar-refractivity contribution in [2.45, 2.75) is 27.7 Å². The second-order valence-electron chi connectivity index (χ2n) is 8.09. The molecular weight excluding hydrogens is 386 g/mol. The Hall–Kier alpha value is -1.45. The van der Waals surface area contributed by atoms with Crippen LogP contribution < -0.4 is 5.32 Å². The van der Waals surface area contributed by atoms with E-state index in [0.29, 0.717) is 42.6 Å². The minimum absolute atomic E-state index is 0.0310. The summed E-state index contributed by atoms with van der Waals surface area (Å²) < 4.78 is 22.6. The molecule has 2 rings (SSSR count). The zero-order chi connectivity index (χ0) is 20.4. The third-order valence-corrected chi connectivity index (χ3v) is 6.53. The van der Waals surface area contributed by atoms with Gasteiger partial charge in [-0.1, -0.05) is 20.8 Å². The van der Waals surface area contributed by atoms with Crippen molar-refractivity contribution in [1.82, 2.24) is 9.80 Å². The maximum absolute atomic E-state index is 12.8. The fourth-order valence-electron chi connectivity index (χ4n) is 2.67. The van der Waals surface area contributed by atoms with Gasteiger partial charge in [-0.3, -0.25) is 14.5 Å². The highest BCUT2D eigenvalue weighted by atomic mass is 32.2. The third kappa shape index (κ3) is 6.29. The Labute approximate surface area is 165 Å². The van der Waals surface area contributed by atoms with Crippen LogP contribution in [0.4, 0.5) is 5.00 Å². The molecule has 0 bridgehead atoms. The highest BCUT2D eigenvalue weighted by molar-refractivity contribution is 7.90. The van der Waals surface area contributed by atoms with E-state index in [4.69, 9.17) is 0 Å². The van der Waals surface area contributed by atoms with Gasteiger partial charge < -0.3 is 10.2 Å². The summed E-state index contributed by atoms with van der Waals surface area (Å²) in [5.41, 5.74) is 0.360. The summed E-state index contributed by atoms with van der Waals surface area (Å²) in [5, 5.41) is 3.57. The number of hydrogen-bond acceptors (Lipinski definition) is 6. The molecule has 1 N–H and O–H groups in total. The molecule has 7 nitrogen and oxygen atoms in total. The van der Waals surface area contributed by atoms with Crippen LogP contribution >= 0.6 is 11.3 Å². The van der Waals surface area contributed by atoms with E-state index in [2.05, 4.69) is 10.2 Å². The standard InChI is InChI=1S/C18H29N3O4S2/c1-13-12-14(19-17(23)18(2,3)4)26-15(13)16(22)21-8-6-20(7-9-21)10-11-27(5,24)25/h12H,6-11H2,1-5H3,(H,19,23). The molecule has 27 heavy (non-hydrogen) atoms. The Kier molecular flexibility index (Phi) is 6.70. The van der Waals surface area contributed by atoms with Gasteiger partial charge in [0, 0.05) is 44.4 Å². The summed E-state index contributed by atoms with van der Waals surface area (Å²) in [6.45, 7) is 10.4. The van der Waals surface area contributed by atoms with Crippen LogP contribution in [-0.2, 0) is 14.6 Å². The molecule has 1 fully saturated rings. The van der Waals surface area contributed by atoms with Crippen LogP contribution in [0.25, 0.3) is 0 Å². The van der Waals surface area contributed by atoms with Gasteiger partial charge in [0.15, 0.2) is 0 Å². The zero-order valence-corrected chi connectivity index (χ0v) is 18.3. The van der Waals surface area contributed by atoms with Gasteiger partial charge in [-0.2, -0.15) is 0 Å². The Bertz CT molecular complexity index is 801. The molecule has 1 aromatic heterocycles. The minimum Gasteiger partial charge on any atom is -0.335 e. The Balaban J connectivity index is 1.96. The SMILES string of the molecule is Cc1cc(NC(=O)C(C)(C)C)sc1C(=O)N1CCN(CCS(C)(=O)=O)CC1. The minimum atomic E-state index is -2.97. The molecule has 9 heteroatoms. The first-order chi connectivity index (χ1) is 12.4. The molecule has 1 aliphatic heterocycles. The predicted molar refractivity (Wildman–Crippen MR) is 109 cm³/mol. The molecule has 1 aromatic rings. The van der Waals surface area contributed by atoms with Gasteiger partial charge in [-0.25, -0.2) is 8.42 Å². The molecule has 2 heterocycles. The molecule has 1 aliphatic rings. The van der Waals surface area contributed by atoms with E-state index in [0.717, 1.165) is 5.56 Å². The monoisotopic (exact) mass is 415 g/mol. The summed E-state index contributed by atoms with van der Waals surface area (Å²) in [5.74, 6) is 0.0284. The maximum Gasteiger partial charge on any atom is 0.264 e. The van der Waals surface area contributed by atoms with E-state index < -0.39 is 15.3 Å². The van der Waals surface area contributed by atoms with E-state index in [9.17, 15) is 18.0 Å². The lowest BCUT2D eigenvalue weighted by molar-refractivity contribution is -0.123. The number of nitrogens with one attached hydrogen (secondary N) is 1. The lowest BCUT2D eigenvalue weighted by Crippen LogP contribution is -2.49. The zero-order valence-electron chi connectivity index (χ0n) is 16.7. The van der Waals surface area contributed by atoms with Crippen LogP contribution in [0, 0.1) is 12.3 Å². The smallest absolute Gasteiger partial charge is 0.264 e. The number of thiophene rings is 1. The van der Waals surface area contributed by atoms with Crippen molar-refractivity contribution < 1.29 is 18.0 Å². The maximum atomic E-state index is 12.8. The first-order valence-corrected chi connectivity index (χ1v) is 11.9. The van der Waals surface area contributed by atoms with Crippen LogP contribution in [0.3, 0.4) is 0 Å². The number of aryl methyl sites for hydroxylation is 1. The lowest BCUT2D eigenvalue weighted by atomic mass is 9.96. The Morgan fingerprint density at radius 1 is 1.19 bits per heavy atom. The third-order valence-electron chi connectivity index (χ3n) is 4.47. The normalized spacial score (nSPS) is 16.4. The lowest BCUT2D eigenvalue weighted by Gasteiger charge is -2.34. The van der Waals surface area contributed by atoms with Crippen molar-refractivity contribution in [1.29, 1.82) is 0 Å². The van der Waals surface area contributed by atoms with E-state index in [1.54, 1.807) is 4.90 Å². The van der Waals surface area contributed by atoms with E-state index in [1.807, 2.05) is 33.8 Å². The summed E-state index contributed by atoms with van der Waals surface area (Å²) in [6, 6.07) is 1.84. The quantitative estimate of drug-likeness (QED) is 0.793. The second kappa shape index (κ2) is 8.28. The van der Waals surface area contributed by atoms with Gasteiger partial charge in [-0.15, -0.1) is 11.3 Å². The Morgan fingerprint density at radius 3 is 2.30 bits per heavy atom. The number of rotatable bonds is 5. The fraction of sp³-hybridized carbons (Fsp3) is 0.667. The summed E-state index contributed by atoms with van der Waals surface area (Å²) in [7, 11) is -2.97. The molecule has 2 amide bonds. The number of carbonyl (C=O) groups excluding carboxylic acids is 2. The van der Waals surface area contributed by atoms with Crippen LogP contribution in [0.5, 0.6) is 0 Å². The van der Waals surface area contributed by atoms with E-state index >= 15 is 0 Å². The number of sulfone groups is 1. The van der Waals surface area contributed by atoms with Gasteiger partial charge in [0.25, 0.3) is 5.91 Å². The molecule has 0 aromatic carbocycles. The first-order valence-electron chi connectivity index (χ1n) is 8.98. The van der Waals surface area contributed by atoms with Crippen LogP contribution in [0.1, 0.15) is 36.0 Å². The molecule has 0 aliphatic carbocycles. The van der Waals surface area contributed by atoms with Gasteiger partial charge >= 0.3 is 0 Å². The highest BCUT2D eigenvalue weighted by Gasteiger charge is 2.26. The van der Waals surface area contributed by atoms with E-state index in [1.165, 1.54) is 17.6 Å². The number of carbonyl (C=O) groups is 2. The van der Waals surface area contributed by atoms with Crippen molar-refractivity contribution in [3.8, 4) is 0 Å². The molecule has 0 radical (unpaired) electrons.